The van der Waals surface area contributed by atoms with E-state index in [0.29, 0.717) is 0 Å². The molecule has 176 valence electrons. The summed E-state index contributed by atoms with van der Waals surface area (Å²) in [4.78, 5) is 9.82. The van der Waals surface area contributed by atoms with E-state index in [1.165, 1.54) is 32.8 Å². The van der Waals surface area contributed by atoms with Crippen LogP contribution in [0.1, 0.15) is 33.3 Å². The lowest BCUT2D eigenvalue weighted by atomic mass is 9.86. The van der Waals surface area contributed by atoms with E-state index < -0.39 is 0 Å². The maximum Gasteiger partial charge on any atom is 0.164 e. The number of rotatable bonds is 2. The second-order valence-corrected chi connectivity index (χ2v) is 10.7. The van der Waals surface area contributed by atoms with Crippen LogP contribution in [0.2, 0.25) is 0 Å². The summed E-state index contributed by atoms with van der Waals surface area (Å²) in [6.45, 7) is 9.98. The van der Waals surface area contributed by atoms with Gasteiger partial charge in [-0.05, 0) is 71.3 Å². The highest BCUT2D eigenvalue weighted by atomic mass is 15.1. The van der Waals surface area contributed by atoms with E-state index in [1.54, 1.807) is 0 Å². The Morgan fingerprint density at radius 1 is 0.750 bits per heavy atom. The monoisotopic (exact) mass is 468 g/mol. The highest BCUT2D eigenvalue weighted by Gasteiger charge is 2.20. The largest absolute Gasteiger partial charge is 0.341 e. The van der Waals surface area contributed by atoms with Crippen LogP contribution >= 0.6 is 0 Å². The molecule has 7 rings (SSSR count). The van der Waals surface area contributed by atoms with Gasteiger partial charge in [0, 0.05) is 39.9 Å². The summed E-state index contributed by atoms with van der Waals surface area (Å²) in [5, 5.41) is 4.93. The first-order valence-electron chi connectivity index (χ1n) is 12.7. The Hall–Kier alpha value is -4.18. The van der Waals surface area contributed by atoms with E-state index in [9.17, 15) is 0 Å². The van der Waals surface area contributed by atoms with Crippen molar-refractivity contribution in [3.8, 4) is 11.3 Å². The predicted molar refractivity (Wildman–Crippen MR) is 151 cm³/mol. The van der Waals surface area contributed by atoms with Gasteiger partial charge >= 0.3 is 0 Å². The van der Waals surface area contributed by atoms with Crippen molar-refractivity contribution in [2.24, 2.45) is 0 Å². The van der Waals surface area contributed by atoms with Crippen LogP contribution in [0.3, 0.4) is 0 Å². The van der Waals surface area contributed by atoms with Crippen LogP contribution in [0.4, 0.5) is 0 Å². The SMILES string of the molecule is CCn1c2ccc(C(C)(C)C)cc2c2cc3c(cc(-c4ccccc4)n4c5ncccc5nc34)cc21. The molecule has 4 heterocycles. The minimum atomic E-state index is 0.0933. The van der Waals surface area contributed by atoms with Gasteiger partial charge in [0.25, 0.3) is 0 Å². The molecule has 0 fully saturated rings. The van der Waals surface area contributed by atoms with Gasteiger partial charge in [-0.1, -0.05) is 57.2 Å². The number of benzene rings is 3. The van der Waals surface area contributed by atoms with Crippen molar-refractivity contribution in [1.29, 1.82) is 0 Å². The minimum Gasteiger partial charge on any atom is -0.341 e. The van der Waals surface area contributed by atoms with Gasteiger partial charge in [-0.25, -0.2) is 9.97 Å². The van der Waals surface area contributed by atoms with Gasteiger partial charge < -0.3 is 4.57 Å². The number of pyridine rings is 2. The second kappa shape index (κ2) is 7.41. The number of aryl methyl sites for hydroxylation is 1. The normalized spacial score (nSPS) is 12.6. The van der Waals surface area contributed by atoms with Crippen molar-refractivity contribution in [3.05, 3.63) is 90.6 Å². The van der Waals surface area contributed by atoms with Crippen molar-refractivity contribution < 1.29 is 0 Å². The summed E-state index contributed by atoms with van der Waals surface area (Å²) < 4.78 is 4.66. The molecule has 0 bridgehead atoms. The Morgan fingerprint density at radius 3 is 2.33 bits per heavy atom. The molecule has 4 nitrogen and oxygen atoms in total. The Labute approximate surface area is 209 Å². The molecular weight excluding hydrogens is 440 g/mol. The quantitative estimate of drug-likeness (QED) is 0.257. The van der Waals surface area contributed by atoms with Gasteiger partial charge in [0.15, 0.2) is 5.65 Å². The molecule has 0 amide bonds. The molecule has 36 heavy (non-hydrogen) atoms. The van der Waals surface area contributed by atoms with Gasteiger partial charge in [0.05, 0.1) is 5.69 Å². The van der Waals surface area contributed by atoms with E-state index in [-0.39, 0.29) is 5.41 Å². The maximum absolute atomic E-state index is 5.09. The number of nitrogens with zero attached hydrogens (tertiary/aromatic N) is 4. The summed E-state index contributed by atoms with van der Waals surface area (Å²) >= 11 is 0. The number of hydrogen-bond acceptors (Lipinski definition) is 2. The molecule has 4 aromatic heterocycles. The van der Waals surface area contributed by atoms with Gasteiger partial charge in [-0.3, -0.25) is 4.40 Å². The fourth-order valence-electron chi connectivity index (χ4n) is 5.64. The zero-order chi connectivity index (χ0) is 24.6. The van der Waals surface area contributed by atoms with E-state index in [2.05, 4.69) is 103 Å². The fraction of sp³-hybridized carbons (Fsp3) is 0.188. The highest BCUT2D eigenvalue weighted by molar-refractivity contribution is 6.15. The maximum atomic E-state index is 5.09. The van der Waals surface area contributed by atoms with E-state index in [0.717, 1.165) is 40.0 Å². The van der Waals surface area contributed by atoms with Crippen LogP contribution in [0, 0.1) is 0 Å². The molecular formula is C32H28N4. The molecule has 0 N–H and O–H groups in total. The molecule has 0 aliphatic heterocycles. The minimum absolute atomic E-state index is 0.0933. The Morgan fingerprint density at radius 2 is 1.56 bits per heavy atom. The average Bonchev–Trinajstić information content (AvgIpc) is 3.42. The molecule has 0 saturated heterocycles. The molecule has 0 spiro atoms. The number of fused-ring (bicyclic) bond motifs is 8. The standard InChI is InChI=1S/C32H28N4/c1-5-35-27-14-13-22(32(2,3)4)18-24(27)25-19-23-21(17-29(25)35)16-28(20-10-7-6-8-11-20)36-30(23)34-26-12-9-15-33-31(26)36/h6-19H,5H2,1-4H3. The zero-order valence-electron chi connectivity index (χ0n) is 21.1. The van der Waals surface area contributed by atoms with Crippen molar-refractivity contribution in [3.63, 3.8) is 0 Å². The van der Waals surface area contributed by atoms with Crippen molar-refractivity contribution in [1.82, 2.24) is 18.9 Å². The summed E-state index contributed by atoms with van der Waals surface area (Å²) in [5.74, 6) is 0. The van der Waals surface area contributed by atoms with Gasteiger partial charge in [0.1, 0.15) is 11.2 Å². The lowest BCUT2D eigenvalue weighted by molar-refractivity contribution is 0.591. The Balaban J connectivity index is 1.67. The lowest BCUT2D eigenvalue weighted by Crippen LogP contribution is -2.10. The highest BCUT2D eigenvalue weighted by Crippen LogP contribution is 2.38. The third kappa shape index (κ3) is 2.94. The first-order chi connectivity index (χ1) is 17.4. The zero-order valence-corrected chi connectivity index (χ0v) is 21.1. The van der Waals surface area contributed by atoms with E-state index >= 15 is 0 Å². The van der Waals surface area contributed by atoms with Gasteiger partial charge in [-0.2, -0.15) is 0 Å². The predicted octanol–water partition coefficient (Wildman–Crippen LogP) is 8.13. The summed E-state index contributed by atoms with van der Waals surface area (Å²) in [7, 11) is 0. The first kappa shape index (κ1) is 21.1. The smallest absolute Gasteiger partial charge is 0.164 e. The molecule has 4 heteroatoms. The number of aromatic nitrogens is 4. The summed E-state index contributed by atoms with van der Waals surface area (Å²) in [6.07, 6.45) is 1.85. The molecule has 0 atom stereocenters. The van der Waals surface area contributed by atoms with Crippen LogP contribution in [0.5, 0.6) is 0 Å². The lowest BCUT2D eigenvalue weighted by Gasteiger charge is -2.19. The second-order valence-electron chi connectivity index (χ2n) is 10.7. The Bertz CT molecular complexity index is 1950. The molecule has 0 unspecified atom stereocenters. The third-order valence-electron chi connectivity index (χ3n) is 7.48. The van der Waals surface area contributed by atoms with Crippen LogP contribution in [0.15, 0.2) is 85.1 Å². The average molecular weight is 469 g/mol. The van der Waals surface area contributed by atoms with Gasteiger partial charge in [-0.15, -0.1) is 0 Å². The number of imidazole rings is 1. The van der Waals surface area contributed by atoms with Crippen LogP contribution in [-0.4, -0.2) is 18.9 Å². The molecule has 0 aliphatic rings. The molecule has 3 aromatic carbocycles. The topological polar surface area (TPSA) is 35.1 Å². The first-order valence-corrected chi connectivity index (χ1v) is 12.7. The third-order valence-corrected chi connectivity index (χ3v) is 7.48. The van der Waals surface area contributed by atoms with Crippen molar-refractivity contribution in [2.45, 2.75) is 39.7 Å². The van der Waals surface area contributed by atoms with Crippen LogP contribution in [-0.2, 0) is 12.0 Å². The van der Waals surface area contributed by atoms with Crippen LogP contribution in [0.25, 0.3) is 60.6 Å². The fourth-order valence-corrected chi connectivity index (χ4v) is 5.64. The molecule has 0 radical (unpaired) electrons. The van der Waals surface area contributed by atoms with Crippen LogP contribution < -0.4 is 0 Å². The van der Waals surface area contributed by atoms with E-state index in [4.69, 9.17) is 9.97 Å². The number of hydrogen-bond donors (Lipinski definition) is 0. The van der Waals surface area contributed by atoms with Gasteiger partial charge in [0.2, 0.25) is 0 Å². The van der Waals surface area contributed by atoms with E-state index in [1.807, 2.05) is 18.3 Å². The van der Waals surface area contributed by atoms with Crippen molar-refractivity contribution in [2.75, 3.05) is 0 Å². The molecule has 7 aromatic rings. The Kier molecular flexibility index (Phi) is 4.35. The summed E-state index contributed by atoms with van der Waals surface area (Å²) in [6, 6.07) is 28.5. The molecule has 0 saturated carbocycles. The van der Waals surface area contributed by atoms with Crippen molar-refractivity contribution >= 4 is 49.4 Å². The summed E-state index contributed by atoms with van der Waals surface area (Å²) in [5.41, 5.74) is 9.00. The molecule has 0 aliphatic carbocycles.